The number of aromatic nitrogens is 3. The van der Waals surface area contributed by atoms with Gasteiger partial charge in [0, 0.05) is 26.8 Å². The summed E-state index contributed by atoms with van der Waals surface area (Å²) in [5.41, 5.74) is 7.31. The molecule has 0 fully saturated rings. The van der Waals surface area contributed by atoms with Crippen molar-refractivity contribution in [1.29, 1.82) is 0 Å². The Labute approximate surface area is 95.4 Å². The van der Waals surface area contributed by atoms with E-state index in [9.17, 15) is 0 Å². The van der Waals surface area contributed by atoms with Crippen molar-refractivity contribution in [3.8, 4) is 0 Å². The van der Waals surface area contributed by atoms with Crippen molar-refractivity contribution in [1.82, 2.24) is 15.0 Å². The zero-order chi connectivity index (χ0) is 11.8. The minimum absolute atomic E-state index is 0.246. The molecule has 0 spiro atoms. The molecule has 0 aromatic carbocycles. The predicted octanol–water partition coefficient (Wildman–Crippen LogP) is 0.0458. The average Bonchev–Trinajstić information content (AvgIpc) is 2.68. The van der Waals surface area contributed by atoms with Crippen LogP contribution in [-0.2, 0) is 24.4 Å². The molecule has 0 unspecified atom stereocenters. The first-order valence-electron chi connectivity index (χ1n) is 5.54. The molecule has 0 aliphatic heterocycles. The minimum atomic E-state index is 0.246. The quantitative estimate of drug-likeness (QED) is 0.614. The Kier molecular flexibility index (Phi) is 5.99. The standard InChI is InChI=1S/C10H20N4O2/c1-16-8-10-9(7-11)12-13-14(10)5-3-2-4-6-15/h15H,2-8,11H2,1H3. The minimum Gasteiger partial charge on any atom is -0.396 e. The SMILES string of the molecule is COCc1c(CN)nnn1CCCCCO. The molecule has 3 N–H and O–H groups in total. The van der Waals surface area contributed by atoms with Gasteiger partial charge in [-0.25, -0.2) is 4.68 Å². The molecule has 1 heterocycles. The number of aliphatic hydroxyl groups is 1. The van der Waals surface area contributed by atoms with E-state index in [0.717, 1.165) is 37.2 Å². The Hall–Kier alpha value is -0.980. The maximum atomic E-state index is 8.67. The monoisotopic (exact) mass is 228 g/mol. The van der Waals surface area contributed by atoms with Gasteiger partial charge in [-0.2, -0.15) is 0 Å². The number of ether oxygens (including phenoxy) is 1. The van der Waals surface area contributed by atoms with Crippen LogP contribution in [0.4, 0.5) is 0 Å². The van der Waals surface area contributed by atoms with Gasteiger partial charge in [0.2, 0.25) is 0 Å². The zero-order valence-corrected chi connectivity index (χ0v) is 9.72. The summed E-state index contributed by atoms with van der Waals surface area (Å²) < 4.78 is 6.94. The number of hydrogen-bond donors (Lipinski definition) is 2. The van der Waals surface area contributed by atoms with E-state index in [1.807, 2.05) is 4.68 Å². The normalized spacial score (nSPS) is 10.9. The van der Waals surface area contributed by atoms with E-state index >= 15 is 0 Å². The van der Waals surface area contributed by atoms with Gasteiger partial charge >= 0.3 is 0 Å². The van der Waals surface area contributed by atoms with Crippen molar-refractivity contribution in [2.75, 3.05) is 13.7 Å². The predicted molar refractivity (Wildman–Crippen MR) is 59.6 cm³/mol. The smallest absolute Gasteiger partial charge is 0.102 e. The number of methoxy groups -OCH3 is 1. The summed E-state index contributed by atoms with van der Waals surface area (Å²) in [5.74, 6) is 0. The highest BCUT2D eigenvalue weighted by molar-refractivity contribution is 5.08. The van der Waals surface area contributed by atoms with Crippen LogP contribution in [0.5, 0.6) is 0 Å². The van der Waals surface area contributed by atoms with Gasteiger partial charge in [-0.3, -0.25) is 0 Å². The molecular weight excluding hydrogens is 208 g/mol. The molecule has 6 heteroatoms. The third-order valence-corrected chi connectivity index (χ3v) is 2.42. The number of rotatable bonds is 8. The largest absolute Gasteiger partial charge is 0.396 e. The number of aliphatic hydroxyl groups excluding tert-OH is 1. The van der Waals surface area contributed by atoms with Gasteiger partial charge in [-0.05, 0) is 19.3 Å². The highest BCUT2D eigenvalue weighted by atomic mass is 16.5. The van der Waals surface area contributed by atoms with E-state index in [4.69, 9.17) is 15.6 Å². The highest BCUT2D eigenvalue weighted by Gasteiger charge is 2.10. The summed E-state index contributed by atoms with van der Waals surface area (Å²) in [5, 5.41) is 16.7. The topological polar surface area (TPSA) is 86.2 Å². The molecule has 0 saturated heterocycles. The summed E-state index contributed by atoms with van der Waals surface area (Å²) in [6.45, 7) is 1.91. The van der Waals surface area contributed by atoms with Gasteiger partial charge in [0.05, 0.1) is 12.3 Å². The lowest BCUT2D eigenvalue weighted by Crippen LogP contribution is -2.09. The number of nitrogens with two attached hydrogens (primary N) is 1. The maximum Gasteiger partial charge on any atom is 0.102 e. The van der Waals surface area contributed by atoms with Crippen LogP contribution in [0, 0.1) is 0 Å². The average molecular weight is 228 g/mol. The summed E-state index contributed by atoms with van der Waals surface area (Å²) >= 11 is 0. The molecule has 0 bridgehead atoms. The molecule has 0 aliphatic carbocycles. The Balaban J connectivity index is 2.53. The first kappa shape index (κ1) is 13.1. The van der Waals surface area contributed by atoms with Gasteiger partial charge in [0.1, 0.15) is 5.69 Å². The van der Waals surface area contributed by atoms with Crippen LogP contribution in [0.15, 0.2) is 0 Å². The molecule has 0 radical (unpaired) electrons. The molecule has 1 rings (SSSR count). The molecule has 1 aromatic heterocycles. The molecule has 0 aliphatic rings. The van der Waals surface area contributed by atoms with Crippen LogP contribution in [0.2, 0.25) is 0 Å². The lowest BCUT2D eigenvalue weighted by Gasteiger charge is -2.06. The Bertz CT molecular complexity index is 301. The number of aryl methyl sites for hydroxylation is 1. The third-order valence-electron chi connectivity index (χ3n) is 2.42. The summed E-state index contributed by atoms with van der Waals surface area (Å²) in [7, 11) is 1.64. The van der Waals surface area contributed by atoms with Crippen molar-refractivity contribution >= 4 is 0 Å². The van der Waals surface area contributed by atoms with Crippen LogP contribution in [0.25, 0.3) is 0 Å². The fourth-order valence-corrected chi connectivity index (χ4v) is 1.55. The van der Waals surface area contributed by atoms with Crippen LogP contribution in [-0.4, -0.2) is 33.8 Å². The molecule has 1 aromatic rings. The van der Waals surface area contributed by atoms with Gasteiger partial charge in [-0.15, -0.1) is 5.10 Å². The molecular formula is C10H20N4O2. The molecule has 6 nitrogen and oxygen atoms in total. The lowest BCUT2D eigenvalue weighted by atomic mass is 10.2. The van der Waals surface area contributed by atoms with E-state index in [0.29, 0.717) is 13.2 Å². The summed E-state index contributed by atoms with van der Waals surface area (Å²) in [6.07, 6.45) is 2.80. The zero-order valence-electron chi connectivity index (χ0n) is 9.72. The molecule has 0 saturated carbocycles. The van der Waals surface area contributed by atoms with Crippen molar-refractivity contribution in [3.63, 3.8) is 0 Å². The lowest BCUT2D eigenvalue weighted by molar-refractivity contribution is 0.175. The summed E-state index contributed by atoms with van der Waals surface area (Å²) in [6, 6.07) is 0. The molecule has 16 heavy (non-hydrogen) atoms. The van der Waals surface area contributed by atoms with E-state index in [1.165, 1.54) is 0 Å². The number of unbranched alkanes of at least 4 members (excludes halogenated alkanes) is 2. The summed E-state index contributed by atoms with van der Waals surface area (Å²) in [4.78, 5) is 0. The second kappa shape index (κ2) is 7.32. The fraction of sp³-hybridized carbons (Fsp3) is 0.800. The van der Waals surface area contributed by atoms with Crippen LogP contribution in [0.3, 0.4) is 0 Å². The second-order valence-electron chi connectivity index (χ2n) is 3.63. The van der Waals surface area contributed by atoms with Crippen LogP contribution in [0.1, 0.15) is 30.7 Å². The Morgan fingerprint density at radius 1 is 1.38 bits per heavy atom. The second-order valence-corrected chi connectivity index (χ2v) is 3.63. The Morgan fingerprint density at radius 2 is 2.19 bits per heavy atom. The molecule has 92 valence electrons. The van der Waals surface area contributed by atoms with Crippen LogP contribution >= 0.6 is 0 Å². The fourth-order valence-electron chi connectivity index (χ4n) is 1.55. The first-order valence-corrected chi connectivity index (χ1v) is 5.54. The van der Waals surface area contributed by atoms with Gasteiger partial charge in [0.25, 0.3) is 0 Å². The first-order chi connectivity index (χ1) is 7.83. The van der Waals surface area contributed by atoms with Crippen LogP contribution < -0.4 is 5.73 Å². The van der Waals surface area contributed by atoms with E-state index in [1.54, 1.807) is 7.11 Å². The highest BCUT2D eigenvalue weighted by Crippen LogP contribution is 2.08. The van der Waals surface area contributed by atoms with Crippen molar-refractivity contribution < 1.29 is 9.84 Å². The third kappa shape index (κ3) is 3.55. The van der Waals surface area contributed by atoms with Gasteiger partial charge < -0.3 is 15.6 Å². The van der Waals surface area contributed by atoms with E-state index < -0.39 is 0 Å². The van der Waals surface area contributed by atoms with Gasteiger partial charge in [-0.1, -0.05) is 5.21 Å². The van der Waals surface area contributed by atoms with E-state index in [2.05, 4.69) is 10.3 Å². The number of nitrogens with zero attached hydrogens (tertiary/aromatic N) is 3. The van der Waals surface area contributed by atoms with Gasteiger partial charge in [0.15, 0.2) is 0 Å². The molecule has 0 atom stereocenters. The number of hydrogen-bond acceptors (Lipinski definition) is 5. The van der Waals surface area contributed by atoms with Crippen molar-refractivity contribution in [3.05, 3.63) is 11.4 Å². The Morgan fingerprint density at radius 3 is 2.81 bits per heavy atom. The maximum absolute atomic E-state index is 8.67. The van der Waals surface area contributed by atoms with Crippen molar-refractivity contribution in [2.45, 2.75) is 39.0 Å². The molecule has 0 amide bonds. The van der Waals surface area contributed by atoms with E-state index in [-0.39, 0.29) is 6.61 Å². The van der Waals surface area contributed by atoms with Crippen molar-refractivity contribution in [2.24, 2.45) is 5.73 Å².